The number of hydrogen-bond acceptors (Lipinski definition) is 4. The lowest BCUT2D eigenvalue weighted by Gasteiger charge is -2.24. The molecule has 2 heterocycles. The Hall–Kier alpha value is -0.330. The maximum Gasteiger partial charge on any atom is 0.223 e. The molecule has 2 unspecified atom stereocenters. The van der Waals surface area contributed by atoms with Crippen molar-refractivity contribution in [2.45, 2.75) is 51.6 Å². The molecule has 2 rings (SSSR count). The lowest BCUT2D eigenvalue weighted by atomic mass is 10.1. The molecule has 2 atom stereocenters. The summed E-state index contributed by atoms with van der Waals surface area (Å²) in [4.78, 5) is 14.0. The summed E-state index contributed by atoms with van der Waals surface area (Å²) in [6.07, 6.45) is 3.45. The van der Waals surface area contributed by atoms with E-state index in [-0.39, 0.29) is 42.2 Å². The fraction of sp³-hybridized carbons (Fsp3) is 0.929. The van der Waals surface area contributed by atoms with E-state index in [0.29, 0.717) is 12.1 Å². The predicted molar refractivity (Wildman–Crippen MR) is 86.5 cm³/mol. The van der Waals surface area contributed by atoms with Crippen LogP contribution in [0, 0.1) is 5.92 Å². The Labute approximate surface area is 134 Å². The lowest BCUT2D eigenvalue weighted by molar-refractivity contribution is -0.131. The Balaban J connectivity index is 0.00000220. The molecule has 0 aromatic carbocycles. The fourth-order valence-corrected chi connectivity index (χ4v) is 4.83. The van der Waals surface area contributed by atoms with Crippen molar-refractivity contribution in [3.05, 3.63) is 0 Å². The molecule has 2 fully saturated rings. The molecule has 0 spiro atoms. The number of carbonyl (C=O) groups is 1. The Bertz CT molecular complexity index is 453. The molecular weight excluding hydrogens is 312 g/mol. The molecule has 2 bridgehead atoms. The van der Waals surface area contributed by atoms with Crippen LogP contribution < -0.4 is 5.32 Å². The Morgan fingerprint density at radius 2 is 1.90 bits per heavy atom. The van der Waals surface area contributed by atoms with Crippen LogP contribution in [0.1, 0.15) is 39.5 Å². The van der Waals surface area contributed by atoms with Gasteiger partial charge >= 0.3 is 0 Å². The highest BCUT2D eigenvalue weighted by Gasteiger charge is 2.31. The van der Waals surface area contributed by atoms with Crippen molar-refractivity contribution < 1.29 is 13.2 Å². The summed E-state index contributed by atoms with van der Waals surface area (Å²) in [5.74, 6) is 0.272. The molecule has 7 heteroatoms. The summed E-state index contributed by atoms with van der Waals surface area (Å²) >= 11 is 0. The number of hydrogen-bond donors (Lipinski definition) is 1. The zero-order chi connectivity index (χ0) is 14.8. The minimum atomic E-state index is -3.10. The Kier molecular flexibility index (Phi) is 6.94. The highest BCUT2D eigenvalue weighted by Crippen LogP contribution is 2.20. The maximum atomic E-state index is 12.2. The van der Waals surface area contributed by atoms with Gasteiger partial charge in [0.15, 0.2) is 9.84 Å². The van der Waals surface area contributed by atoms with Gasteiger partial charge in [-0.1, -0.05) is 13.8 Å². The zero-order valence-electron chi connectivity index (χ0n) is 12.9. The first-order valence-corrected chi connectivity index (χ1v) is 9.42. The van der Waals surface area contributed by atoms with Crippen LogP contribution in [0.4, 0.5) is 0 Å². The second-order valence-electron chi connectivity index (χ2n) is 6.52. The maximum absolute atomic E-state index is 12.2. The topological polar surface area (TPSA) is 66.5 Å². The SMILES string of the molecule is CC(C)CS(=O)(=O)CCC(=O)N1CCC2CCC(C1)N2.Cl. The molecule has 2 aliphatic rings. The molecule has 0 aromatic heterocycles. The first-order valence-electron chi connectivity index (χ1n) is 7.60. The van der Waals surface area contributed by atoms with Gasteiger partial charge in [0.2, 0.25) is 5.91 Å². The van der Waals surface area contributed by atoms with E-state index in [1.165, 1.54) is 6.42 Å². The molecule has 0 saturated carbocycles. The molecular formula is C14H27ClN2O3S. The summed E-state index contributed by atoms with van der Waals surface area (Å²) in [5.41, 5.74) is 0. The normalized spacial score (nSPS) is 25.6. The van der Waals surface area contributed by atoms with Crippen LogP contribution in [-0.4, -0.2) is 55.9 Å². The largest absolute Gasteiger partial charge is 0.341 e. The summed E-state index contributed by atoms with van der Waals surface area (Å²) in [7, 11) is -3.10. The van der Waals surface area contributed by atoms with E-state index in [2.05, 4.69) is 5.32 Å². The predicted octanol–water partition coefficient (Wildman–Crippen LogP) is 1.22. The van der Waals surface area contributed by atoms with E-state index in [1.807, 2.05) is 18.7 Å². The molecule has 0 aliphatic carbocycles. The van der Waals surface area contributed by atoms with Crippen molar-refractivity contribution in [3.8, 4) is 0 Å². The van der Waals surface area contributed by atoms with Crippen molar-refractivity contribution in [2.75, 3.05) is 24.6 Å². The Morgan fingerprint density at radius 1 is 1.24 bits per heavy atom. The van der Waals surface area contributed by atoms with Crippen LogP contribution >= 0.6 is 12.4 Å². The number of rotatable bonds is 5. The van der Waals surface area contributed by atoms with Crippen LogP contribution in [0.2, 0.25) is 0 Å². The summed E-state index contributed by atoms with van der Waals surface area (Å²) in [6, 6.07) is 0.946. The third-order valence-electron chi connectivity index (χ3n) is 4.09. The van der Waals surface area contributed by atoms with E-state index >= 15 is 0 Å². The van der Waals surface area contributed by atoms with E-state index in [4.69, 9.17) is 0 Å². The molecule has 5 nitrogen and oxygen atoms in total. The summed E-state index contributed by atoms with van der Waals surface area (Å²) in [6.45, 7) is 5.27. The van der Waals surface area contributed by atoms with Crippen molar-refractivity contribution in [3.63, 3.8) is 0 Å². The van der Waals surface area contributed by atoms with Gasteiger partial charge in [0, 0.05) is 31.6 Å². The van der Waals surface area contributed by atoms with Crippen molar-refractivity contribution in [1.29, 1.82) is 0 Å². The van der Waals surface area contributed by atoms with Crippen molar-refractivity contribution in [2.24, 2.45) is 5.92 Å². The average molecular weight is 339 g/mol. The monoisotopic (exact) mass is 338 g/mol. The van der Waals surface area contributed by atoms with Crippen LogP contribution in [0.25, 0.3) is 0 Å². The second-order valence-corrected chi connectivity index (χ2v) is 8.75. The number of nitrogens with one attached hydrogen (secondary N) is 1. The number of amides is 1. The molecule has 1 amide bonds. The smallest absolute Gasteiger partial charge is 0.223 e. The van der Waals surface area contributed by atoms with Crippen LogP contribution in [0.5, 0.6) is 0 Å². The number of halogens is 1. The van der Waals surface area contributed by atoms with Gasteiger partial charge in [-0.3, -0.25) is 4.79 Å². The highest BCUT2D eigenvalue weighted by atomic mass is 35.5. The molecule has 0 aromatic rings. The van der Waals surface area contributed by atoms with E-state index < -0.39 is 9.84 Å². The third-order valence-corrected chi connectivity index (χ3v) is 6.09. The minimum absolute atomic E-state index is 0. The number of nitrogens with zero attached hydrogens (tertiary/aromatic N) is 1. The van der Waals surface area contributed by atoms with Crippen LogP contribution in [0.3, 0.4) is 0 Å². The second kappa shape index (κ2) is 7.79. The van der Waals surface area contributed by atoms with Crippen LogP contribution in [-0.2, 0) is 14.6 Å². The van der Waals surface area contributed by atoms with Gasteiger partial charge in [0.05, 0.1) is 11.5 Å². The van der Waals surface area contributed by atoms with E-state index in [1.54, 1.807) is 0 Å². The quantitative estimate of drug-likeness (QED) is 0.818. The summed E-state index contributed by atoms with van der Waals surface area (Å²) < 4.78 is 23.7. The van der Waals surface area contributed by atoms with Gasteiger partial charge in [-0.05, 0) is 25.2 Å². The average Bonchev–Trinajstić information content (AvgIpc) is 2.64. The Morgan fingerprint density at radius 3 is 2.57 bits per heavy atom. The van der Waals surface area contributed by atoms with Gasteiger partial charge in [-0.15, -0.1) is 12.4 Å². The number of sulfone groups is 1. The first kappa shape index (κ1) is 18.7. The van der Waals surface area contributed by atoms with Gasteiger partial charge < -0.3 is 10.2 Å². The van der Waals surface area contributed by atoms with Crippen molar-refractivity contribution in [1.82, 2.24) is 10.2 Å². The molecule has 2 saturated heterocycles. The molecule has 2 aliphatic heterocycles. The zero-order valence-corrected chi connectivity index (χ0v) is 14.5. The standard InChI is InChI=1S/C14H26N2O3S.ClH/c1-11(2)10-20(18,19)8-6-14(17)16-7-5-12-3-4-13(9-16)15-12;/h11-13,15H,3-10H2,1-2H3;1H. The number of likely N-dealkylation sites (tertiary alicyclic amines) is 1. The lowest BCUT2D eigenvalue weighted by Crippen LogP contribution is -2.39. The molecule has 0 radical (unpaired) electrons. The van der Waals surface area contributed by atoms with Gasteiger partial charge in [0.1, 0.15) is 0 Å². The summed E-state index contributed by atoms with van der Waals surface area (Å²) in [5, 5.41) is 3.52. The minimum Gasteiger partial charge on any atom is -0.341 e. The fourth-order valence-electron chi connectivity index (χ4n) is 3.16. The number of fused-ring (bicyclic) bond motifs is 2. The highest BCUT2D eigenvalue weighted by molar-refractivity contribution is 7.91. The van der Waals surface area contributed by atoms with E-state index in [9.17, 15) is 13.2 Å². The van der Waals surface area contributed by atoms with Crippen LogP contribution in [0.15, 0.2) is 0 Å². The molecule has 1 N–H and O–H groups in total. The van der Waals surface area contributed by atoms with Gasteiger partial charge in [-0.25, -0.2) is 8.42 Å². The van der Waals surface area contributed by atoms with Crippen molar-refractivity contribution >= 4 is 28.2 Å². The van der Waals surface area contributed by atoms with E-state index in [0.717, 1.165) is 25.9 Å². The number of carbonyl (C=O) groups excluding carboxylic acids is 1. The molecule has 124 valence electrons. The van der Waals surface area contributed by atoms with Gasteiger partial charge in [0.25, 0.3) is 0 Å². The van der Waals surface area contributed by atoms with Gasteiger partial charge in [-0.2, -0.15) is 0 Å². The molecule has 21 heavy (non-hydrogen) atoms. The third kappa shape index (κ3) is 5.75. The first-order chi connectivity index (χ1) is 9.35.